The van der Waals surface area contributed by atoms with Crippen molar-refractivity contribution in [2.24, 2.45) is 4.99 Å². The number of ether oxygens (including phenoxy) is 1. The molecule has 2 heterocycles. The van der Waals surface area contributed by atoms with Gasteiger partial charge in [-0.05, 0) is 35.9 Å². The zero-order valence-corrected chi connectivity index (χ0v) is 16.0. The number of anilines is 1. The number of sulfonamides is 1. The molecule has 6 nitrogen and oxygen atoms in total. The zero-order chi connectivity index (χ0) is 19.0. The Kier molecular flexibility index (Phi) is 4.56. The van der Waals surface area contributed by atoms with Crippen molar-refractivity contribution in [1.29, 1.82) is 0 Å². The molecule has 2 aliphatic rings. The first-order valence-electron chi connectivity index (χ1n) is 8.13. The number of hydrogen-bond acceptors (Lipinski definition) is 6. The number of amidine groups is 1. The highest BCUT2D eigenvalue weighted by atomic mass is 32.2. The Hall–Kier alpha value is -2.52. The summed E-state index contributed by atoms with van der Waals surface area (Å²) in [5.74, 6) is -0.740. The Labute approximate surface area is 160 Å². The van der Waals surface area contributed by atoms with Gasteiger partial charge >= 0.3 is 0 Å². The Morgan fingerprint density at radius 3 is 2.70 bits per heavy atom. The maximum Gasteiger partial charge on any atom is 0.262 e. The summed E-state index contributed by atoms with van der Waals surface area (Å²) in [6.07, 6.45) is 0. The second kappa shape index (κ2) is 6.90. The highest BCUT2D eigenvalue weighted by Gasteiger charge is 2.27. The minimum atomic E-state index is -3.90. The largest absolute Gasteiger partial charge is 0.494 e. The average molecular weight is 405 g/mol. The van der Waals surface area contributed by atoms with Gasteiger partial charge in [0.1, 0.15) is 0 Å². The van der Waals surface area contributed by atoms with Crippen molar-refractivity contribution >= 4 is 38.3 Å². The molecule has 2 aromatic carbocycles. The summed E-state index contributed by atoms with van der Waals surface area (Å²) < 4.78 is 46.1. The summed E-state index contributed by atoms with van der Waals surface area (Å²) in [4.78, 5) is 6.39. The van der Waals surface area contributed by atoms with Gasteiger partial charge < -0.3 is 9.64 Å². The number of benzene rings is 2. The zero-order valence-electron chi connectivity index (χ0n) is 14.3. The van der Waals surface area contributed by atoms with Gasteiger partial charge in [-0.1, -0.05) is 23.9 Å². The third-order valence-electron chi connectivity index (χ3n) is 4.23. The molecule has 0 saturated carbocycles. The van der Waals surface area contributed by atoms with E-state index in [1.165, 1.54) is 19.2 Å². The van der Waals surface area contributed by atoms with Gasteiger partial charge in [0.2, 0.25) is 0 Å². The van der Waals surface area contributed by atoms with Gasteiger partial charge in [0, 0.05) is 17.6 Å². The predicted molar refractivity (Wildman–Crippen MR) is 105 cm³/mol. The number of aliphatic imine (C=N–C) groups is 1. The fourth-order valence-corrected chi connectivity index (χ4v) is 4.92. The molecular formula is C18H16FN3O3S2. The van der Waals surface area contributed by atoms with E-state index in [0.29, 0.717) is 5.69 Å². The number of nitrogens with zero attached hydrogens (tertiary/aromatic N) is 2. The lowest BCUT2D eigenvalue weighted by Gasteiger charge is -2.17. The molecule has 2 aromatic rings. The Morgan fingerprint density at radius 2 is 2.00 bits per heavy atom. The highest BCUT2D eigenvalue weighted by molar-refractivity contribution is 8.16. The summed E-state index contributed by atoms with van der Waals surface area (Å²) in [6, 6.07) is 10.6. The van der Waals surface area contributed by atoms with Crippen LogP contribution in [0.2, 0.25) is 0 Å². The van der Waals surface area contributed by atoms with Crippen LogP contribution in [0.15, 0.2) is 57.8 Å². The van der Waals surface area contributed by atoms with Crippen molar-refractivity contribution in [2.75, 3.05) is 24.9 Å². The number of methoxy groups -OCH3 is 1. The fourth-order valence-electron chi connectivity index (χ4n) is 2.88. The normalized spacial score (nSPS) is 16.0. The maximum atomic E-state index is 13.8. The lowest BCUT2D eigenvalue weighted by molar-refractivity contribution is 0.385. The van der Waals surface area contributed by atoms with Crippen molar-refractivity contribution < 1.29 is 17.5 Å². The third kappa shape index (κ3) is 3.40. The number of rotatable bonds is 5. The van der Waals surface area contributed by atoms with E-state index < -0.39 is 15.8 Å². The topological polar surface area (TPSA) is 71.0 Å². The Morgan fingerprint density at radius 1 is 1.22 bits per heavy atom. The van der Waals surface area contributed by atoms with Crippen LogP contribution in [0.3, 0.4) is 0 Å². The van der Waals surface area contributed by atoms with Gasteiger partial charge in [0.05, 0.1) is 24.2 Å². The van der Waals surface area contributed by atoms with Crippen LogP contribution >= 0.6 is 11.8 Å². The van der Waals surface area contributed by atoms with E-state index >= 15 is 0 Å². The molecule has 0 atom stereocenters. The quantitative estimate of drug-likeness (QED) is 0.826. The van der Waals surface area contributed by atoms with Gasteiger partial charge in [-0.25, -0.2) is 12.8 Å². The van der Waals surface area contributed by atoms with Crippen molar-refractivity contribution in [3.8, 4) is 5.75 Å². The second-order valence-corrected chi connectivity index (χ2v) is 8.44. The molecule has 0 radical (unpaired) electrons. The molecule has 2 aliphatic heterocycles. The van der Waals surface area contributed by atoms with Crippen LogP contribution in [-0.2, 0) is 10.0 Å². The predicted octanol–water partition coefficient (Wildman–Crippen LogP) is 3.35. The second-order valence-electron chi connectivity index (χ2n) is 5.92. The SMILES string of the molecule is COc1ccc(S(=O)(=O)Nc2ccc(C3=CSC4=NCCN34)cc2)cc1F. The monoisotopic (exact) mass is 405 g/mol. The van der Waals surface area contributed by atoms with Crippen LogP contribution in [0.1, 0.15) is 5.56 Å². The number of halogens is 1. The summed E-state index contributed by atoms with van der Waals surface area (Å²) >= 11 is 1.59. The van der Waals surface area contributed by atoms with Gasteiger partial charge in [-0.3, -0.25) is 9.71 Å². The van der Waals surface area contributed by atoms with Crippen LogP contribution in [0.4, 0.5) is 10.1 Å². The standard InChI is InChI=1S/C18H16FN3O3S2/c1-25-17-7-6-14(10-15(17)19)27(23,24)21-13-4-2-12(3-5-13)16-11-26-18-20-8-9-22(16)18/h2-7,10-11,21H,8-9H2,1H3. The first kappa shape index (κ1) is 17.9. The molecule has 0 aliphatic carbocycles. The lowest BCUT2D eigenvalue weighted by Crippen LogP contribution is -2.19. The van der Waals surface area contributed by atoms with Gasteiger partial charge in [-0.15, -0.1) is 0 Å². The number of thioether (sulfide) groups is 1. The smallest absolute Gasteiger partial charge is 0.262 e. The van der Waals surface area contributed by atoms with Gasteiger partial charge in [0.15, 0.2) is 16.7 Å². The van der Waals surface area contributed by atoms with Crippen molar-refractivity contribution in [2.45, 2.75) is 4.90 Å². The van der Waals surface area contributed by atoms with E-state index in [1.807, 2.05) is 17.5 Å². The molecule has 0 fully saturated rings. The van der Waals surface area contributed by atoms with Crippen molar-refractivity contribution in [3.05, 3.63) is 59.3 Å². The molecule has 0 unspecified atom stereocenters. The first-order chi connectivity index (χ1) is 13.0. The van der Waals surface area contributed by atoms with Crippen molar-refractivity contribution in [1.82, 2.24) is 4.90 Å². The van der Waals surface area contributed by atoms with Crippen LogP contribution in [-0.4, -0.2) is 38.7 Å². The Balaban J connectivity index is 1.53. The number of hydrogen-bond donors (Lipinski definition) is 1. The number of nitrogens with one attached hydrogen (secondary N) is 1. The van der Waals surface area contributed by atoms with Gasteiger partial charge in [0.25, 0.3) is 10.0 Å². The van der Waals surface area contributed by atoms with E-state index in [1.54, 1.807) is 23.9 Å². The molecule has 140 valence electrons. The minimum Gasteiger partial charge on any atom is -0.494 e. The van der Waals surface area contributed by atoms with Crippen LogP contribution in [0.5, 0.6) is 5.75 Å². The van der Waals surface area contributed by atoms with Crippen LogP contribution < -0.4 is 9.46 Å². The Bertz CT molecular complexity index is 1050. The van der Waals surface area contributed by atoms with E-state index in [-0.39, 0.29) is 10.6 Å². The molecule has 0 saturated heterocycles. The highest BCUT2D eigenvalue weighted by Crippen LogP contribution is 2.35. The van der Waals surface area contributed by atoms with Crippen molar-refractivity contribution in [3.63, 3.8) is 0 Å². The van der Waals surface area contributed by atoms with E-state index in [2.05, 4.69) is 14.6 Å². The molecule has 0 amide bonds. The first-order valence-corrected chi connectivity index (χ1v) is 10.5. The van der Waals surface area contributed by atoms with Gasteiger partial charge in [-0.2, -0.15) is 0 Å². The summed E-state index contributed by atoms with van der Waals surface area (Å²) in [5.41, 5.74) is 2.44. The molecule has 0 aromatic heterocycles. The molecule has 1 N–H and O–H groups in total. The molecule has 9 heteroatoms. The minimum absolute atomic E-state index is 0.00849. The van der Waals surface area contributed by atoms with Crippen LogP contribution in [0.25, 0.3) is 5.70 Å². The molecule has 0 bridgehead atoms. The summed E-state index contributed by atoms with van der Waals surface area (Å²) in [6.45, 7) is 1.64. The van der Waals surface area contributed by atoms with E-state index in [0.717, 1.165) is 35.6 Å². The van der Waals surface area contributed by atoms with Crippen LogP contribution in [0, 0.1) is 5.82 Å². The molecule has 0 spiro atoms. The van der Waals surface area contributed by atoms with E-state index in [9.17, 15) is 12.8 Å². The maximum absolute atomic E-state index is 13.8. The average Bonchev–Trinajstić information content (AvgIpc) is 3.26. The number of fused-ring (bicyclic) bond motifs is 1. The molecular weight excluding hydrogens is 389 g/mol. The summed E-state index contributed by atoms with van der Waals surface area (Å²) in [7, 11) is -2.58. The van der Waals surface area contributed by atoms with E-state index in [4.69, 9.17) is 4.74 Å². The fraction of sp³-hybridized carbons (Fsp3) is 0.167. The summed E-state index contributed by atoms with van der Waals surface area (Å²) in [5, 5.41) is 3.04. The molecule has 4 rings (SSSR count). The third-order valence-corrected chi connectivity index (χ3v) is 6.52. The lowest BCUT2D eigenvalue weighted by atomic mass is 10.1. The molecule has 27 heavy (non-hydrogen) atoms.